The number of nitrogens with one attached hydrogen (secondary N) is 1. The van der Waals surface area contributed by atoms with Gasteiger partial charge in [0.05, 0.1) is 17.8 Å². The van der Waals surface area contributed by atoms with Crippen molar-refractivity contribution in [1.29, 1.82) is 0 Å². The predicted molar refractivity (Wildman–Crippen MR) is 88.1 cm³/mol. The number of fused-ring (bicyclic) bond motifs is 1. The first-order valence-corrected chi connectivity index (χ1v) is 7.47. The van der Waals surface area contributed by atoms with Crippen LogP contribution in [0, 0.1) is 0 Å². The van der Waals surface area contributed by atoms with E-state index in [1.54, 1.807) is 6.07 Å². The average molecular weight is 320 g/mol. The van der Waals surface area contributed by atoms with Crippen LogP contribution in [-0.4, -0.2) is 16.8 Å². The van der Waals surface area contributed by atoms with Crippen LogP contribution < -0.4 is 5.32 Å². The first-order chi connectivity index (χ1) is 10.2. The highest BCUT2D eigenvalue weighted by atomic mass is 35.5. The normalized spacial score (nSPS) is 11.2. The number of para-hydroxylation sites is 1. The molecule has 0 bridgehead atoms. The molecule has 0 aliphatic heterocycles. The molecule has 3 rings (SSSR count). The van der Waals surface area contributed by atoms with Gasteiger partial charge in [-0.2, -0.15) is 5.10 Å². The zero-order chi connectivity index (χ0) is 14.8. The van der Waals surface area contributed by atoms with Gasteiger partial charge < -0.3 is 5.32 Å². The van der Waals surface area contributed by atoms with Crippen molar-refractivity contribution >= 4 is 34.1 Å². The monoisotopic (exact) mass is 319 g/mol. The van der Waals surface area contributed by atoms with Gasteiger partial charge in [-0.25, -0.2) is 0 Å². The summed E-state index contributed by atoms with van der Waals surface area (Å²) >= 11 is 12.3. The molecule has 0 unspecified atom stereocenters. The van der Waals surface area contributed by atoms with Crippen LogP contribution in [0.5, 0.6) is 0 Å². The highest BCUT2D eigenvalue weighted by Gasteiger charge is 2.11. The topological polar surface area (TPSA) is 29.9 Å². The van der Waals surface area contributed by atoms with Gasteiger partial charge in [0.15, 0.2) is 0 Å². The molecule has 0 saturated carbocycles. The van der Waals surface area contributed by atoms with E-state index in [-0.39, 0.29) is 0 Å². The lowest BCUT2D eigenvalue weighted by atomic mass is 10.2. The Hall–Kier alpha value is -1.55. The minimum atomic E-state index is 0.601. The van der Waals surface area contributed by atoms with Gasteiger partial charge in [0.2, 0.25) is 0 Å². The SMILES string of the molecule is CNCc1nn(Cc2cc(Cl)ccc2Cl)c2ccccc12. The Kier molecular flexibility index (Phi) is 4.15. The molecule has 21 heavy (non-hydrogen) atoms. The van der Waals surface area contributed by atoms with E-state index in [0.717, 1.165) is 28.7 Å². The van der Waals surface area contributed by atoms with Crippen LogP contribution in [0.25, 0.3) is 10.9 Å². The summed E-state index contributed by atoms with van der Waals surface area (Å²) in [6.07, 6.45) is 0. The molecular weight excluding hydrogens is 305 g/mol. The molecule has 5 heteroatoms. The van der Waals surface area contributed by atoms with Gasteiger partial charge in [-0.15, -0.1) is 0 Å². The van der Waals surface area contributed by atoms with Crippen molar-refractivity contribution < 1.29 is 0 Å². The van der Waals surface area contributed by atoms with Crippen LogP contribution in [-0.2, 0) is 13.1 Å². The Morgan fingerprint density at radius 1 is 1.14 bits per heavy atom. The van der Waals surface area contributed by atoms with E-state index < -0.39 is 0 Å². The molecule has 0 radical (unpaired) electrons. The molecule has 0 atom stereocenters. The maximum absolute atomic E-state index is 6.25. The van der Waals surface area contributed by atoms with E-state index in [2.05, 4.69) is 17.4 Å². The summed E-state index contributed by atoms with van der Waals surface area (Å²) < 4.78 is 1.97. The molecule has 0 amide bonds. The highest BCUT2D eigenvalue weighted by molar-refractivity contribution is 6.33. The quantitative estimate of drug-likeness (QED) is 0.784. The van der Waals surface area contributed by atoms with E-state index in [4.69, 9.17) is 28.3 Å². The second kappa shape index (κ2) is 6.06. The van der Waals surface area contributed by atoms with E-state index in [0.29, 0.717) is 16.6 Å². The molecule has 0 saturated heterocycles. The third-order valence-corrected chi connectivity index (χ3v) is 4.01. The van der Waals surface area contributed by atoms with Crippen LogP contribution in [0.3, 0.4) is 0 Å². The zero-order valence-corrected chi connectivity index (χ0v) is 13.1. The highest BCUT2D eigenvalue weighted by Crippen LogP contribution is 2.24. The number of halogens is 2. The second-order valence-corrected chi connectivity index (χ2v) is 5.73. The van der Waals surface area contributed by atoms with Crippen LogP contribution >= 0.6 is 23.2 Å². The number of hydrogen-bond donors (Lipinski definition) is 1. The van der Waals surface area contributed by atoms with Gasteiger partial charge in [0, 0.05) is 22.0 Å². The van der Waals surface area contributed by atoms with Gasteiger partial charge in [0.25, 0.3) is 0 Å². The molecule has 1 N–H and O–H groups in total. The smallest absolute Gasteiger partial charge is 0.0841 e. The largest absolute Gasteiger partial charge is 0.314 e. The van der Waals surface area contributed by atoms with Gasteiger partial charge in [-0.3, -0.25) is 4.68 Å². The number of benzene rings is 2. The summed E-state index contributed by atoms with van der Waals surface area (Å²) in [4.78, 5) is 0. The van der Waals surface area contributed by atoms with Crippen LogP contribution in [0.2, 0.25) is 10.0 Å². The number of hydrogen-bond acceptors (Lipinski definition) is 2. The first kappa shape index (κ1) is 14.4. The van der Waals surface area contributed by atoms with Crippen molar-refractivity contribution in [2.24, 2.45) is 0 Å². The molecule has 0 aliphatic carbocycles. The summed E-state index contributed by atoms with van der Waals surface area (Å²) in [6.45, 7) is 1.33. The maximum Gasteiger partial charge on any atom is 0.0841 e. The van der Waals surface area contributed by atoms with E-state index in [1.165, 1.54) is 0 Å². The van der Waals surface area contributed by atoms with Crippen LogP contribution in [0.15, 0.2) is 42.5 Å². The van der Waals surface area contributed by atoms with Gasteiger partial charge in [0.1, 0.15) is 0 Å². The zero-order valence-electron chi connectivity index (χ0n) is 11.6. The third-order valence-electron chi connectivity index (χ3n) is 3.41. The molecule has 0 fully saturated rings. The maximum atomic E-state index is 6.25. The lowest BCUT2D eigenvalue weighted by Gasteiger charge is -2.06. The summed E-state index contributed by atoms with van der Waals surface area (Å²) in [6, 6.07) is 13.7. The van der Waals surface area contributed by atoms with E-state index in [1.807, 2.05) is 36.0 Å². The first-order valence-electron chi connectivity index (χ1n) is 6.72. The molecule has 3 aromatic rings. The van der Waals surface area contributed by atoms with Crippen molar-refractivity contribution in [3.63, 3.8) is 0 Å². The minimum absolute atomic E-state index is 0.601. The van der Waals surface area contributed by atoms with Crippen molar-refractivity contribution in [3.05, 3.63) is 63.8 Å². The Labute approximate surface area is 133 Å². The van der Waals surface area contributed by atoms with Crippen LogP contribution in [0.4, 0.5) is 0 Å². The predicted octanol–water partition coefficient (Wildman–Crippen LogP) is 4.11. The molecule has 0 spiro atoms. The Balaban J connectivity index is 2.06. The van der Waals surface area contributed by atoms with Gasteiger partial charge in [-0.05, 0) is 36.9 Å². The van der Waals surface area contributed by atoms with Crippen molar-refractivity contribution in [1.82, 2.24) is 15.1 Å². The standard InChI is InChI=1S/C16H15Cl2N3/c1-19-9-15-13-4-2-3-5-16(13)21(20-15)10-11-8-12(17)6-7-14(11)18/h2-8,19H,9-10H2,1H3. The second-order valence-electron chi connectivity index (χ2n) is 4.89. The number of aromatic nitrogens is 2. The number of nitrogens with zero attached hydrogens (tertiary/aromatic N) is 2. The summed E-state index contributed by atoms with van der Waals surface area (Å²) in [5.41, 5.74) is 3.10. The van der Waals surface area contributed by atoms with E-state index >= 15 is 0 Å². The molecule has 3 nitrogen and oxygen atoms in total. The third kappa shape index (κ3) is 2.91. The fourth-order valence-corrected chi connectivity index (χ4v) is 2.81. The fourth-order valence-electron chi connectivity index (χ4n) is 2.44. The number of rotatable bonds is 4. The Morgan fingerprint density at radius 3 is 2.76 bits per heavy atom. The molecule has 1 aromatic heterocycles. The average Bonchev–Trinajstić information content (AvgIpc) is 2.82. The Bertz CT molecular complexity index is 780. The summed E-state index contributed by atoms with van der Waals surface area (Å²) in [5.74, 6) is 0. The van der Waals surface area contributed by atoms with Gasteiger partial charge >= 0.3 is 0 Å². The minimum Gasteiger partial charge on any atom is -0.314 e. The Morgan fingerprint density at radius 2 is 1.95 bits per heavy atom. The summed E-state index contributed by atoms with van der Waals surface area (Å²) in [5, 5.41) is 10.4. The van der Waals surface area contributed by atoms with Crippen molar-refractivity contribution in [3.8, 4) is 0 Å². The summed E-state index contributed by atoms with van der Waals surface area (Å²) in [7, 11) is 1.92. The van der Waals surface area contributed by atoms with Gasteiger partial charge in [-0.1, -0.05) is 41.4 Å². The van der Waals surface area contributed by atoms with E-state index in [9.17, 15) is 0 Å². The molecule has 1 heterocycles. The molecular formula is C16H15Cl2N3. The van der Waals surface area contributed by atoms with Crippen LogP contribution in [0.1, 0.15) is 11.3 Å². The lowest BCUT2D eigenvalue weighted by molar-refractivity contribution is 0.677. The van der Waals surface area contributed by atoms with Crippen molar-refractivity contribution in [2.45, 2.75) is 13.1 Å². The molecule has 2 aromatic carbocycles. The van der Waals surface area contributed by atoms with Crippen molar-refractivity contribution in [2.75, 3.05) is 7.05 Å². The lowest BCUT2D eigenvalue weighted by Crippen LogP contribution is -2.08. The fraction of sp³-hybridized carbons (Fsp3) is 0.188. The molecule has 108 valence electrons. The molecule has 0 aliphatic rings.